The first-order chi connectivity index (χ1) is 14.1. The summed E-state index contributed by atoms with van der Waals surface area (Å²) in [6, 6.07) is 15.7. The summed E-state index contributed by atoms with van der Waals surface area (Å²) in [6.07, 6.45) is 0. The SMILES string of the molecule is COC(=O)c1c(C(=O)OC)c(-c2ccc(F)cc2)n2c1CS[C@@H]2c1ccccc1. The van der Waals surface area contributed by atoms with Gasteiger partial charge in [-0.15, -0.1) is 11.8 Å². The molecular weight excluding hydrogens is 393 g/mol. The number of nitrogens with zero attached hydrogens (tertiary/aromatic N) is 1. The van der Waals surface area contributed by atoms with E-state index in [4.69, 9.17) is 9.47 Å². The molecule has 0 fully saturated rings. The Labute approximate surface area is 171 Å². The number of ether oxygens (including phenoxy) is 2. The molecule has 29 heavy (non-hydrogen) atoms. The number of halogens is 1. The van der Waals surface area contributed by atoms with E-state index in [9.17, 15) is 14.0 Å². The van der Waals surface area contributed by atoms with Crippen molar-refractivity contribution in [2.24, 2.45) is 0 Å². The Balaban J connectivity index is 2.05. The smallest absolute Gasteiger partial charge is 0.340 e. The van der Waals surface area contributed by atoms with E-state index in [1.165, 1.54) is 26.4 Å². The minimum atomic E-state index is -0.636. The van der Waals surface area contributed by atoms with Gasteiger partial charge in [0.25, 0.3) is 0 Å². The number of fused-ring (bicyclic) bond motifs is 1. The number of carbonyl (C=O) groups excluding carboxylic acids is 2. The molecule has 1 atom stereocenters. The van der Waals surface area contributed by atoms with Gasteiger partial charge in [0.2, 0.25) is 0 Å². The van der Waals surface area contributed by atoms with Gasteiger partial charge in [-0.1, -0.05) is 30.3 Å². The van der Waals surface area contributed by atoms with Crippen LogP contribution in [-0.2, 0) is 15.2 Å². The van der Waals surface area contributed by atoms with Crippen LogP contribution >= 0.6 is 11.8 Å². The Morgan fingerprint density at radius 2 is 1.59 bits per heavy atom. The predicted molar refractivity (Wildman–Crippen MR) is 108 cm³/mol. The highest BCUT2D eigenvalue weighted by molar-refractivity contribution is 7.99. The zero-order valence-corrected chi connectivity index (χ0v) is 16.7. The third-order valence-corrected chi connectivity index (χ3v) is 6.14. The summed E-state index contributed by atoms with van der Waals surface area (Å²) in [4.78, 5) is 25.4. The average molecular weight is 411 g/mol. The second-order valence-corrected chi connectivity index (χ2v) is 7.55. The van der Waals surface area contributed by atoms with Crippen LogP contribution in [0.25, 0.3) is 11.3 Å². The van der Waals surface area contributed by atoms with Crippen molar-refractivity contribution in [3.05, 3.63) is 82.8 Å². The Bertz CT molecular complexity index is 1080. The Kier molecular flexibility index (Phi) is 5.15. The van der Waals surface area contributed by atoms with Crippen molar-refractivity contribution in [2.75, 3.05) is 14.2 Å². The average Bonchev–Trinajstić information content (AvgIpc) is 3.32. The molecule has 1 aromatic heterocycles. The van der Waals surface area contributed by atoms with Gasteiger partial charge in [-0.05, 0) is 35.4 Å². The van der Waals surface area contributed by atoms with Crippen LogP contribution in [0.2, 0.25) is 0 Å². The summed E-state index contributed by atoms with van der Waals surface area (Å²) < 4.78 is 25.5. The second-order valence-electron chi connectivity index (χ2n) is 6.48. The fourth-order valence-corrected chi connectivity index (χ4v) is 4.98. The predicted octanol–water partition coefficient (Wildman–Crippen LogP) is 4.66. The van der Waals surface area contributed by atoms with Crippen LogP contribution in [-0.4, -0.2) is 30.7 Å². The molecule has 0 bridgehead atoms. The van der Waals surface area contributed by atoms with E-state index >= 15 is 0 Å². The van der Waals surface area contributed by atoms with Crippen LogP contribution in [0.4, 0.5) is 4.39 Å². The van der Waals surface area contributed by atoms with E-state index in [2.05, 4.69) is 0 Å². The highest BCUT2D eigenvalue weighted by Gasteiger charge is 2.39. The zero-order chi connectivity index (χ0) is 20.5. The molecule has 7 heteroatoms. The van der Waals surface area contributed by atoms with E-state index in [0.29, 0.717) is 22.7 Å². The fraction of sp³-hybridized carbons (Fsp3) is 0.182. The summed E-state index contributed by atoms with van der Waals surface area (Å²) >= 11 is 1.64. The van der Waals surface area contributed by atoms with Gasteiger partial charge in [0.1, 0.15) is 16.8 Å². The number of hydrogen-bond donors (Lipinski definition) is 0. The summed E-state index contributed by atoms with van der Waals surface area (Å²) in [5.74, 6) is -1.10. The van der Waals surface area contributed by atoms with Gasteiger partial charge < -0.3 is 14.0 Å². The molecule has 2 heterocycles. The summed E-state index contributed by atoms with van der Waals surface area (Å²) in [7, 11) is 2.55. The van der Waals surface area contributed by atoms with Gasteiger partial charge >= 0.3 is 11.9 Å². The maximum absolute atomic E-state index is 13.6. The number of carbonyl (C=O) groups is 2. The van der Waals surface area contributed by atoms with Crippen molar-refractivity contribution in [1.82, 2.24) is 4.57 Å². The molecule has 0 saturated carbocycles. The number of esters is 2. The van der Waals surface area contributed by atoms with E-state index in [1.807, 2.05) is 34.9 Å². The van der Waals surface area contributed by atoms with Crippen molar-refractivity contribution in [2.45, 2.75) is 11.1 Å². The molecule has 5 nitrogen and oxygen atoms in total. The fourth-order valence-electron chi connectivity index (χ4n) is 3.65. The molecule has 1 aliphatic rings. The summed E-state index contributed by atoms with van der Waals surface area (Å²) in [6.45, 7) is 0. The molecule has 0 radical (unpaired) electrons. The first-order valence-corrected chi connectivity index (χ1v) is 9.97. The van der Waals surface area contributed by atoms with Crippen molar-refractivity contribution in [1.29, 1.82) is 0 Å². The molecular formula is C22H18FNO4S. The number of rotatable bonds is 4. The van der Waals surface area contributed by atoms with Crippen molar-refractivity contribution in [3.63, 3.8) is 0 Å². The quantitative estimate of drug-likeness (QED) is 0.585. The third-order valence-electron chi connectivity index (χ3n) is 4.90. The second kappa shape index (κ2) is 7.75. The molecule has 0 amide bonds. The van der Waals surface area contributed by atoms with Gasteiger partial charge in [0.05, 0.1) is 25.5 Å². The monoisotopic (exact) mass is 411 g/mol. The van der Waals surface area contributed by atoms with Crippen LogP contribution in [0, 0.1) is 5.82 Å². The number of methoxy groups -OCH3 is 2. The molecule has 0 unspecified atom stereocenters. The van der Waals surface area contributed by atoms with E-state index in [1.54, 1.807) is 23.9 Å². The molecule has 4 rings (SSSR count). The van der Waals surface area contributed by atoms with Gasteiger partial charge in [0.15, 0.2) is 0 Å². The minimum absolute atomic E-state index is 0.141. The number of benzene rings is 2. The first kappa shape index (κ1) is 19.3. The van der Waals surface area contributed by atoms with Crippen molar-refractivity contribution < 1.29 is 23.5 Å². The topological polar surface area (TPSA) is 57.5 Å². The largest absolute Gasteiger partial charge is 0.465 e. The molecule has 148 valence electrons. The Morgan fingerprint density at radius 1 is 0.966 bits per heavy atom. The van der Waals surface area contributed by atoms with E-state index in [0.717, 1.165) is 5.56 Å². The normalized spacial score (nSPS) is 15.1. The molecule has 1 aliphatic heterocycles. The van der Waals surface area contributed by atoms with Crippen LogP contribution in [0.1, 0.15) is 37.3 Å². The minimum Gasteiger partial charge on any atom is -0.465 e. The van der Waals surface area contributed by atoms with Gasteiger partial charge in [-0.2, -0.15) is 0 Å². The highest BCUT2D eigenvalue weighted by Crippen LogP contribution is 2.48. The van der Waals surface area contributed by atoms with Gasteiger partial charge in [-0.25, -0.2) is 14.0 Å². The van der Waals surface area contributed by atoms with Crippen LogP contribution in [0.5, 0.6) is 0 Å². The highest BCUT2D eigenvalue weighted by atomic mass is 32.2. The van der Waals surface area contributed by atoms with Gasteiger partial charge in [-0.3, -0.25) is 0 Å². The lowest BCUT2D eigenvalue weighted by Gasteiger charge is -2.18. The number of thioether (sulfide) groups is 1. The first-order valence-electron chi connectivity index (χ1n) is 8.93. The number of aromatic nitrogens is 1. The molecule has 2 aromatic carbocycles. The van der Waals surface area contributed by atoms with E-state index < -0.39 is 11.9 Å². The summed E-state index contributed by atoms with van der Waals surface area (Å²) in [5.41, 5.74) is 3.20. The standard InChI is InChI=1S/C22H18FNO4S/c1-27-21(25)17-16-12-29-20(14-6-4-3-5-7-14)24(16)19(18(17)22(26)28-2)13-8-10-15(23)11-9-13/h3-11,20H,12H2,1-2H3/t20-/m1/s1. The summed E-state index contributed by atoms with van der Waals surface area (Å²) in [5, 5.41) is -0.145. The molecule has 0 spiro atoms. The lowest BCUT2D eigenvalue weighted by atomic mass is 10.0. The van der Waals surface area contributed by atoms with Crippen molar-refractivity contribution in [3.8, 4) is 11.3 Å². The zero-order valence-electron chi connectivity index (χ0n) is 15.8. The number of hydrogen-bond acceptors (Lipinski definition) is 5. The maximum atomic E-state index is 13.6. The van der Waals surface area contributed by atoms with Crippen LogP contribution in [0.15, 0.2) is 54.6 Å². The van der Waals surface area contributed by atoms with E-state index in [-0.39, 0.29) is 22.3 Å². The van der Waals surface area contributed by atoms with Crippen LogP contribution in [0.3, 0.4) is 0 Å². The maximum Gasteiger partial charge on any atom is 0.340 e. The Morgan fingerprint density at radius 3 is 2.21 bits per heavy atom. The molecule has 3 aromatic rings. The van der Waals surface area contributed by atoms with Crippen LogP contribution < -0.4 is 0 Å². The lowest BCUT2D eigenvalue weighted by Crippen LogP contribution is -2.12. The molecule has 0 N–H and O–H groups in total. The third kappa shape index (κ3) is 3.21. The molecule has 0 aliphatic carbocycles. The van der Waals surface area contributed by atoms with Crippen molar-refractivity contribution >= 4 is 23.7 Å². The lowest BCUT2D eigenvalue weighted by molar-refractivity contribution is 0.0556. The Hall–Kier alpha value is -3.06. The van der Waals surface area contributed by atoms with Gasteiger partial charge in [0, 0.05) is 11.4 Å². The molecule has 0 saturated heterocycles.